The maximum atomic E-state index is 12.9. The summed E-state index contributed by atoms with van der Waals surface area (Å²) in [4.78, 5) is 0. The molecular weight excluding hydrogens is 417 g/mol. The van der Waals surface area contributed by atoms with Gasteiger partial charge in [0.15, 0.2) is 0 Å². The number of hydrogen-bond acceptors (Lipinski definition) is 2. The lowest BCUT2D eigenvalue weighted by Crippen LogP contribution is -2.17. The molecule has 0 unspecified atom stereocenters. The summed E-state index contributed by atoms with van der Waals surface area (Å²) >= 11 is 0. The van der Waals surface area contributed by atoms with Gasteiger partial charge in [0.1, 0.15) is 0 Å². The fourth-order valence-corrected chi connectivity index (χ4v) is 2.58. The lowest BCUT2D eigenvalue weighted by molar-refractivity contribution is -0.143. The van der Waals surface area contributed by atoms with Gasteiger partial charge in [-0.15, -0.1) is 0 Å². The predicted molar refractivity (Wildman–Crippen MR) is 84.4 cm³/mol. The van der Waals surface area contributed by atoms with E-state index in [4.69, 9.17) is 0 Å². The van der Waals surface area contributed by atoms with Crippen molar-refractivity contribution in [1.82, 2.24) is 5.32 Å². The van der Waals surface area contributed by atoms with Crippen LogP contribution in [0.15, 0.2) is 36.4 Å². The maximum absolute atomic E-state index is 12.9. The van der Waals surface area contributed by atoms with E-state index in [0.29, 0.717) is 12.1 Å². The summed E-state index contributed by atoms with van der Waals surface area (Å²) in [7, 11) is 0. The molecule has 160 valence electrons. The average molecular weight is 431 g/mol. The number of aliphatic hydroxyl groups is 1. The zero-order valence-electron chi connectivity index (χ0n) is 14.4. The molecule has 2 N–H and O–H groups in total. The minimum Gasteiger partial charge on any atom is -0.392 e. The second kappa shape index (κ2) is 8.23. The van der Waals surface area contributed by atoms with Crippen LogP contribution in [0.3, 0.4) is 0 Å². The van der Waals surface area contributed by atoms with Gasteiger partial charge in [-0.2, -0.15) is 39.5 Å². The van der Waals surface area contributed by atoms with E-state index in [2.05, 4.69) is 5.32 Å². The Hall–Kier alpha value is -2.27. The molecule has 2 aromatic rings. The zero-order valence-corrected chi connectivity index (χ0v) is 14.4. The molecule has 0 saturated carbocycles. The third kappa shape index (κ3) is 6.10. The first kappa shape index (κ1) is 23.0. The third-order valence-electron chi connectivity index (χ3n) is 4.00. The Kier molecular flexibility index (Phi) is 6.53. The van der Waals surface area contributed by atoms with Crippen molar-refractivity contribution in [1.29, 1.82) is 0 Å². The fourth-order valence-electron chi connectivity index (χ4n) is 2.58. The second-order valence-electron chi connectivity index (χ2n) is 6.16. The van der Waals surface area contributed by atoms with E-state index in [0.717, 1.165) is 18.2 Å². The number of nitrogens with one attached hydrogen (secondary N) is 1. The molecule has 0 radical (unpaired) electrons. The smallest absolute Gasteiger partial charge is 0.392 e. The number of aliphatic hydroxyl groups excluding tert-OH is 1. The summed E-state index contributed by atoms with van der Waals surface area (Å²) in [6, 6.07) is 3.61. The Morgan fingerprint density at radius 2 is 1.14 bits per heavy atom. The molecule has 0 atom stereocenters. The highest BCUT2D eigenvalue weighted by Crippen LogP contribution is 2.36. The van der Waals surface area contributed by atoms with E-state index in [-0.39, 0.29) is 29.3 Å². The molecule has 2 rings (SSSR count). The molecule has 2 aromatic carbocycles. The van der Waals surface area contributed by atoms with Gasteiger partial charge in [0.05, 0.1) is 23.3 Å². The van der Waals surface area contributed by atoms with Crippen molar-refractivity contribution in [2.45, 2.75) is 38.2 Å². The normalized spacial score (nSPS) is 13.0. The number of benzene rings is 2. The van der Waals surface area contributed by atoms with Gasteiger partial charge in [-0.05, 0) is 47.0 Å². The summed E-state index contributed by atoms with van der Waals surface area (Å²) in [5.74, 6) is 0. The molecule has 0 bridgehead atoms. The average Bonchev–Trinajstić information content (AvgIpc) is 2.59. The van der Waals surface area contributed by atoms with E-state index in [9.17, 15) is 44.6 Å². The van der Waals surface area contributed by atoms with E-state index in [1.807, 2.05) is 0 Å². The number of alkyl halides is 9. The van der Waals surface area contributed by atoms with Gasteiger partial charge in [-0.25, -0.2) is 0 Å². The van der Waals surface area contributed by atoms with Gasteiger partial charge in [0.2, 0.25) is 0 Å². The summed E-state index contributed by atoms with van der Waals surface area (Å²) in [6.45, 7) is -1.36. The molecule has 0 saturated heterocycles. The van der Waals surface area contributed by atoms with Gasteiger partial charge >= 0.3 is 18.5 Å². The van der Waals surface area contributed by atoms with Crippen molar-refractivity contribution >= 4 is 0 Å². The van der Waals surface area contributed by atoms with Crippen LogP contribution >= 0.6 is 0 Å². The fraction of sp³-hybridized carbons (Fsp3) is 0.333. The third-order valence-corrected chi connectivity index (χ3v) is 4.00. The number of rotatable bonds is 5. The zero-order chi connectivity index (χ0) is 22.0. The van der Waals surface area contributed by atoms with Crippen LogP contribution in [-0.2, 0) is 38.2 Å². The van der Waals surface area contributed by atoms with Crippen LogP contribution in [0.2, 0.25) is 0 Å². The van der Waals surface area contributed by atoms with Crippen molar-refractivity contribution in [2.75, 3.05) is 0 Å². The van der Waals surface area contributed by atoms with Crippen molar-refractivity contribution in [3.63, 3.8) is 0 Å². The van der Waals surface area contributed by atoms with Crippen molar-refractivity contribution in [3.05, 3.63) is 69.8 Å². The monoisotopic (exact) mass is 431 g/mol. The Morgan fingerprint density at radius 3 is 1.59 bits per heavy atom. The molecule has 0 aromatic heterocycles. The van der Waals surface area contributed by atoms with Gasteiger partial charge in [0.25, 0.3) is 0 Å². The largest absolute Gasteiger partial charge is 0.416 e. The van der Waals surface area contributed by atoms with Crippen LogP contribution in [-0.4, -0.2) is 5.11 Å². The van der Waals surface area contributed by atoms with Crippen molar-refractivity contribution < 1.29 is 44.6 Å². The van der Waals surface area contributed by atoms with E-state index < -0.39 is 48.4 Å². The molecule has 0 fully saturated rings. The van der Waals surface area contributed by atoms with Gasteiger partial charge in [-0.3, -0.25) is 0 Å². The maximum Gasteiger partial charge on any atom is 0.416 e. The quantitative estimate of drug-likeness (QED) is 0.611. The molecule has 0 aliphatic carbocycles. The van der Waals surface area contributed by atoms with Crippen LogP contribution in [0.5, 0.6) is 0 Å². The highest BCUT2D eigenvalue weighted by Gasteiger charge is 2.36. The van der Waals surface area contributed by atoms with Crippen LogP contribution in [0.4, 0.5) is 39.5 Å². The van der Waals surface area contributed by atoms with E-state index >= 15 is 0 Å². The topological polar surface area (TPSA) is 32.3 Å². The van der Waals surface area contributed by atoms with Crippen LogP contribution < -0.4 is 5.32 Å². The summed E-state index contributed by atoms with van der Waals surface area (Å²) in [5, 5.41) is 11.7. The summed E-state index contributed by atoms with van der Waals surface area (Å²) in [6.07, 6.45) is -14.6. The number of hydrogen-bond donors (Lipinski definition) is 2. The molecule has 0 heterocycles. The molecule has 29 heavy (non-hydrogen) atoms. The molecule has 0 aliphatic rings. The van der Waals surface area contributed by atoms with Crippen molar-refractivity contribution in [3.8, 4) is 0 Å². The standard InChI is InChI=1S/C18H14F9NO/c19-16(20,21)13-2-1-11(9-29)12(5-13)8-28-7-10-3-14(17(22,23)24)6-15(4-10)18(25,26)27/h1-6,28-29H,7-9H2. The SMILES string of the molecule is OCc1ccc(C(F)(F)F)cc1CNCc1cc(C(F)(F)F)cc(C(F)(F)F)c1. The predicted octanol–water partition coefficient (Wildman–Crippen LogP) is 5.53. The molecule has 0 aliphatic heterocycles. The summed E-state index contributed by atoms with van der Waals surface area (Å²) in [5.41, 5.74) is -4.15. The summed E-state index contributed by atoms with van der Waals surface area (Å²) < 4.78 is 116. The van der Waals surface area contributed by atoms with Crippen LogP contribution in [0, 0.1) is 0 Å². The van der Waals surface area contributed by atoms with E-state index in [1.165, 1.54) is 0 Å². The Labute approximate surface area is 159 Å². The van der Waals surface area contributed by atoms with Crippen molar-refractivity contribution in [2.24, 2.45) is 0 Å². The first-order valence-electron chi connectivity index (χ1n) is 8.00. The Morgan fingerprint density at radius 1 is 0.621 bits per heavy atom. The Balaban J connectivity index is 2.24. The number of halogens is 9. The molecule has 11 heteroatoms. The second-order valence-corrected chi connectivity index (χ2v) is 6.16. The van der Waals surface area contributed by atoms with Crippen LogP contribution in [0.1, 0.15) is 33.4 Å². The minimum absolute atomic E-state index is 0.0137. The van der Waals surface area contributed by atoms with Gasteiger partial charge in [0, 0.05) is 13.1 Å². The minimum atomic E-state index is -5.00. The highest BCUT2D eigenvalue weighted by atomic mass is 19.4. The first-order valence-corrected chi connectivity index (χ1v) is 8.00. The van der Waals surface area contributed by atoms with Gasteiger partial charge < -0.3 is 10.4 Å². The Bertz CT molecular complexity index is 822. The lowest BCUT2D eigenvalue weighted by atomic mass is 10.0. The molecular formula is C18H14F9NO. The first-order chi connectivity index (χ1) is 13.2. The lowest BCUT2D eigenvalue weighted by Gasteiger charge is -2.16. The molecule has 2 nitrogen and oxygen atoms in total. The highest BCUT2D eigenvalue weighted by molar-refractivity contribution is 5.35. The van der Waals surface area contributed by atoms with E-state index in [1.54, 1.807) is 0 Å². The molecule has 0 spiro atoms. The van der Waals surface area contributed by atoms with Crippen LogP contribution in [0.25, 0.3) is 0 Å². The molecule has 0 amide bonds. The van der Waals surface area contributed by atoms with Gasteiger partial charge in [-0.1, -0.05) is 6.07 Å².